The molecule has 0 radical (unpaired) electrons. The van der Waals surface area contributed by atoms with Gasteiger partial charge in [-0.1, -0.05) is 23.8 Å². The summed E-state index contributed by atoms with van der Waals surface area (Å²) in [7, 11) is 0. The molecule has 0 saturated carbocycles. The van der Waals surface area contributed by atoms with Crippen molar-refractivity contribution in [2.24, 2.45) is 0 Å². The first-order chi connectivity index (χ1) is 17.4. The van der Waals surface area contributed by atoms with Crippen LogP contribution < -0.4 is 15.4 Å². The molecule has 8 nitrogen and oxygen atoms in total. The highest BCUT2D eigenvalue weighted by Gasteiger charge is 2.40. The summed E-state index contributed by atoms with van der Waals surface area (Å²) in [5.74, 6) is -0.0150. The van der Waals surface area contributed by atoms with Crippen molar-refractivity contribution < 1.29 is 24.2 Å². The highest BCUT2D eigenvalue weighted by atomic mass is 16.5. The van der Waals surface area contributed by atoms with Crippen LogP contribution in [-0.4, -0.2) is 72.4 Å². The Kier molecular flexibility index (Phi) is 7.27. The van der Waals surface area contributed by atoms with Crippen LogP contribution in [0.5, 0.6) is 5.75 Å². The second kappa shape index (κ2) is 10.6. The Hall–Kier alpha value is -2.94. The monoisotopic (exact) mass is 493 g/mol. The predicted octanol–water partition coefficient (Wildman–Crippen LogP) is 2.20. The molecule has 2 aromatic rings. The standard InChI is InChI=1S/C28H35N3O5/c1-3-36-26-12-19(28(34)31-21-7-8-22(31)16-35-15-21)6-9-23(26)27(33)30-14-25(32)24-11-18-5-4-17(2)10-20(18)13-29-24/h4-6,9-10,12,21-22,24-25,29,32H,3,7-8,11,13-16H2,1-2H3,(H,30,33). The van der Waals surface area contributed by atoms with Crippen molar-refractivity contribution in [3.8, 4) is 5.75 Å². The zero-order valence-electron chi connectivity index (χ0n) is 21.0. The highest BCUT2D eigenvalue weighted by molar-refractivity contribution is 6.00. The summed E-state index contributed by atoms with van der Waals surface area (Å²) < 4.78 is 11.3. The van der Waals surface area contributed by atoms with Gasteiger partial charge in [0, 0.05) is 24.7 Å². The average Bonchev–Trinajstić information content (AvgIpc) is 3.14. The van der Waals surface area contributed by atoms with Gasteiger partial charge >= 0.3 is 0 Å². The molecule has 0 spiro atoms. The van der Waals surface area contributed by atoms with E-state index in [-0.39, 0.29) is 36.5 Å². The first-order valence-corrected chi connectivity index (χ1v) is 12.9. The number of hydrogen-bond acceptors (Lipinski definition) is 6. The summed E-state index contributed by atoms with van der Waals surface area (Å²) in [5.41, 5.74) is 4.56. The normalized spacial score (nSPS) is 23.6. The van der Waals surface area contributed by atoms with Crippen LogP contribution in [0.1, 0.15) is 57.2 Å². The van der Waals surface area contributed by atoms with Gasteiger partial charge in [0.1, 0.15) is 5.75 Å². The Bertz CT molecular complexity index is 1120. The van der Waals surface area contributed by atoms with E-state index in [9.17, 15) is 14.7 Å². The van der Waals surface area contributed by atoms with Crippen LogP contribution in [0.3, 0.4) is 0 Å². The molecule has 2 saturated heterocycles. The molecule has 4 atom stereocenters. The molecule has 3 aliphatic heterocycles. The van der Waals surface area contributed by atoms with E-state index in [1.54, 1.807) is 18.2 Å². The Morgan fingerprint density at radius 3 is 2.69 bits per heavy atom. The van der Waals surface area contributed by atoms with E-state index in [0.717, 1.165) is 12.8 Å². The number of aliphatic hydroxyl groups excluding tert-OH is 1. The first-order valence-electron chi connectivity index (χ1n) is 12.9. The molecular weight excluding hydrogens is 458 g/mol. The lowest BCUT2D eigenvalue weighted by atomic mass is 9.92. The minimum absolute atomic E-state index is 0.0482. The van der Waals surface area contributed by atoms with Crippen molar-refractivity contribution in [1.82, 2.24) is 15.5 Å². The number of amides is 2. The maximum atomic E-state index is 13.3. The molecule has 3 heterocycles. The quantitative estimate of drug-likeness (QED) is 0.547. The Balaban J connectivity index is 1.23. The maximum absolute atomic E-state index is 13.3. The third kappa shape index (κ3) is 4.98. The third-order valence-electron chi connectivity index (χ3n) is 7.54. The summed E-state index contributed by atoms with van der Waals surface area (Å²) in [4.78, 5) is 28.2. The molecule has 36 heavy (non-hydrogen) atoms. The maximum Gasteiger partial charge on any atom is 0.255 e. The second-order valence-corrected chi connectivity index (χ2v) is 10.0. The van der Waals surface area contributed by atoms with E-state index >= 15 is 0 Å². The lowest BCUT2D eigenvalue weighted by molar-refractivity contribution is -0.00717. The van der Waals surface area contributed by atoms with Gasteiger partial charge in [0.2, 0.25) is 0 Å². The lowest BCUT2D eigenvalue weighted by Crippen LogP contribution is -2.49. The van der Waals surface area contributed by atoms with Gasteiger partial charge in [0.25, 0.3) is 11.8 Å². The lowest BCUT2D eigenvalue weighted by Gasteiger charge is -2.34. The first kappa shape index (κ1) is 24.7. The van der Waals surface area contributed by atoms with E-state index in [0.29, 0.717) is 49.7 Å². The molecule has 2 aromatic carbocycles. The smallest absolute Gasteiger partial charge is 0.255 e. The number of morpholine rings is 1. The summed E-state index contributed by atoms with van der Waals surface area (Å²) in [6, 6.07) is 11.4. The Morgan fingerprint density at radius 2 is 1.94 bits per heavy atom. The number of carbonyl (C=O) groups excluding carboxylic acids is 2. The number of fused-ring (bicyclic) bond motifs is 3. The fourth-order valence-corrected chi connectivity index (χ4v) is 5.60. The van der Waals surface area contributed by atoms with Gasteiger partial charge in [0.15, 0.2) is 0 Å². The minimum atomic E-state index is -0.739. The van der Waals surface area contributed by atoms with E-state index in [2.05, 4.69) is 35.8 Å². The summed E-state index contributed by atoms with van der Waals surface area (Å²) in [6.07, 6.45) is 1.88. The largest absolute Gasteiger partial charge is 0.493 e. The van der Waals surface area contributed by atoms with E-state index in [1.165, 1.54) is 16.7 Å². The molecule has 0 aromatic heterocycles. The molecule has 4 unspecified atom stereocenters. The molecule has 0 aliphatic carbocycles. The molecule has 2 amide bonds. The van der Waals surface area contributed by atoms with Crippen molar-refractivity contribution in [2.75, 3.05) is 26.4 Å². The summed E-state index contributed by atoms with van der Waals surface area (Å²) >= 11 is 0. The van der Waals surface area contributed by atoms with Crippen LogP contribution in [0.25, 0.3) is 0 Å². The van der Waals surface area contributed by atoms with Crippen molar-refractivity contribution >= 4 is 11.8 Å². The van der Waals surface area contributed by atoms with Gasteiger partial charge in [0.05, 0.1) is 43.6 Å². The number of aryl methyl sites for hydroxylation is 1. The Labute approximate surface area is 212 Å². The number of nitrogens with zero attached hydrogens (tertiary/aromatic N) is 1. The van der Waals surface area contributed by atoms with Gasteiger partial charge < -0.3 is 30.1 Å². The molecule has 2 fully saturated rings. The van der Waals surface area contributed by atoms with Crippen LogP contribution in [0.15, 0.2) is 36.4 Å². The number of nitrogens with one attached hydrogen (secondary N) is 2. The summed E-state index contributed by atoms with van der Waals surface area (Å²) in [6.45, 7) is 6.24. The van der Waals surface area contributed by atoms with Crippen LogP contribution in [0.4, 0.5) is 0 Å². The fourth-order valence-electron chi connectivity index (χ4n) is 5.60. The van der Waals surface area contributed by atoms with E-state index in [4.69, 9.17) is 9.47 Å². The number of benzene rings is 2. The van der Waals surface area contributed by atoms with Crippen LogP contribution >= 0.6 is 0 Å². The van der Waals surface area contributed by atoms with Gasteiger partial charge in [-0.2, -0.15) is 0 Å². The molecule has 2 bridgehead atoms. The van der Waals surface area contributed by atoms with Crippen LogP contribution in [0, 0.1) is 6.92 Å². The Morgan fingerprint density at radius 1 is 1.17 bits per heavy atom. The number of hydrogen-bond donors (Lipinski definition) is 3. The molecule has 8 heteroatoms. The molecule has 3 aliphatic rings. The predicted molar refractivity (Wildman–Crippen MR) is 135 cm³/mol. The molecule has 192 valence electrons. The zero-order chi connectivity index (χ0) is 25.2. The number of carbonyl (C=O) groups is 2. The third-order valence-corrected chi connectivity index (χ3v) is 7.54. The fraction of sp³-hybridized carbons (Fsp3) is 0.500. The van der Waals surface area contributed by atoms with Gasteiger partial charge in [-0.15, -0.1) is 0 Å². The average molecular weight is 494 g/mol. The summed E-state index contributed by atoms with van der Waals surface area (Å²) in [5, 5.41) is 17.0. The van der Waals surface area contributed by atoms with Gasteiger partial charge in [-0.25, -0.2) is 0 Å². The van der Waals surface area contributed by atoms with Crippen molar-refractivity contribution in [3.05, 3.63) is 64.2 Å². The van der Waals surface area contributed by atoms with Crippen LogP contribution in [0.2, 0.25) is 0 Å². The van der Waals surface area contributed by atoms with Gasteiger partial charge in [-0.3, -0.25) is 9.59 Å². The zero-order valence-corrected chi connectivity index (χ0v) is 21.0. The molecular formula is C28H35N3O5. The SMILES string of the molecule is CCOc1cc(C(=O)N2C3CCC2COC3)ccc1C(=O)NCC(O)C1Cc2ccc(C)cc2CN1. The number of rotatable bonds is 7. The van der Waals surface area contributed by atoms with Crippen molar-refractivity contribution in [3.63, 3.8) is 0 Å². The molecule has 3 N–H and O–H groups in total. The topological polar surface area (TPSA) is 100 Å². The van der Waals surface area contributed by atoms with E-state index < -0.39 is 6.10 Å². The van der Waals surface area contributed by atoms with Gasteiger partial charge in [-0.05, 0) is 62.4 Å². The van der Waals surface area contributed by atoms with Crippen LogP contribution in [-0.2, 0) is 17.7 Å². The number of ether oxygens (including phenoxy) is 2. The van der Waals surface area contributed by atoms with E-state index in [1.807, 2.05) is 11.8 Å². The second-order valence-electron chi connectivity index (χ2n) is 10.0. The highest BCUT2D eigenvalue weighted by Crippen LogP contribution is 2.31. The van der Waals surface area contributed by atoms with Crippen molar-refractivity contribution in [2.45, 2.75) is 63.9 Å². The number of aliphatic hydroxyl groups is 1. The van der Waals surface area contributed by atoms with Crippen molar-refractivity contribution in [1.29, 1.82) is 0 Å². The molecule has 5 rings (SSSR count). The minimum Gasteiger partial charge on any atom is -0.493 e.